The van der Waals surface area contributed by atoms with E-state index < -0.39 is 0 Å². The van der Waals surface area contributed by atoms with E-state index in [2.05, 4.69) is 16.8 Å². The summed E-state index contributed by atoms with van der Waals surface area (Å²) in [4.78, 5) is 15.3. The smallest absolute Gasteiger partial charge is 0.150 e. The summed E-state index contributed by atoms with van der Waals surface area (Å²) < 4.78 is 0. The minimum absolute atomic E-state index is 0.752. The van der Waals surface area contributed by atoms with Crippen LogP contribution in [0.2, 0.25) is 0 Å². The second-order valence-corrected chi connectivity index (χ2v) is 4.44. The predicted octanol–water partition coefficient (Wildman–Crippen LogP) is 1.25. The van der Waals surface area contributed by atoms with E-state index in [0.717, 1.165) is 44.6 Å². The molecular formula is C13H18N2O. The summed E-state index contributed by atoms with van der Waals surface area (Å²) in [6.07, 6.45) is 0.889. The molecule has 1 aromatic carbocycles. The third-order valence-electron chi connectivity index (χ3n) is 3.12. The maximum absolute atomic E-state index is 10.5. The molecule has 1 heterocycles. The zero-order chi connectivity index (χ0) is 11.4. The molecule has 0 atom stereocenters. The number of hydrogen-bond acceptors (Lipinski definition) is 3. The lowest BCUT2D eigenvalue weighted by molar-refractivity contribution is 0.112. The van der Waals surface area contributed by atoms with Crippen molar-refractivity contribution in [2.24, 2.45) is 0 Å². The van der Waals surface area contributed by atoms with Crippen molar-refractivity contribution in [1.82, 2.24) is 9.80 Å². The van der Waals surface area contributed by atoms with Crippen LogP contribution in [0.3, 0.4) is 0 Å². The zero-order valence-electron chi connectivity index (χ0n) is 9.72. The number of piperazine rings is 1. The number of carbonyl (C=O) groups excluding carboxylic acids is 1. The minimum Gasteiger partial charge on any atom is -0.304 e. The van der Waals surface area contributed by atoms with Gasteiger partial charge < -0.3 is 4.90 Å². The highest BCUT2D eigenvalue weighted by Gasteiger charge is 2.13. The number of aldehydes is 1. The topological polar surface area (TPSA) is 23.6 Å². The molecule has 86 valence electrons. The van der Waals surface area contributed by atoms with Gasteiger partial charge in [-0.05, 0) is 12.6 Å². The van der Waals surface area contributed by atoms with Gasteiger partial charge >= 0.3 is 0 Å². The average molecular weight is 218 g/mol. The standard InChI is InChI=1S/C13H18N2O/c1-14-6-8-15(9-7-14)10-12-2-4-13(11-16)5-3-12/h2-5,11H,6-10H2,1H3. The van der Waals surface area contributed by atoms with Gasteiger partial charge in [0.25, 0.3) is 0 Å². The Hall–Kier alpha value is -1.19. The maximum atomic E-state index is 10.5. The van der Waals surface area contributed by atoms with Crippen molar-refractivity contribution in [3.05, 3.63) is 35.4 Å². The van der Waals surface area contributed by atoms with Crippen LogP contribution in [0, 0.1) is 0 Å². The molecule has 0 spiro atoms. The van der Waals surface area contributed by atoms with E-state index in [0.29, 0.717) is 0 Å². The summed E-state index contributed by atoms with van der Waals surface area (Å²) >= 11 is 0. The third kappa shape index (κ3) is 2.90. The SMILES string of the molecule is CN1CCN(Cc2ccc(C=O)cc2)CC1. The first-order valence-corrected chi connectivity index (χ1v) is 5.73. The molecule has 16 heavy (non-hydrogen) atoms. The Bertz CT molecular complexity index is 339. The van der Waals surface area contributed by atoms with Crippen LogP contribution in [-0.4, -0.2) is 49.3 Å². The molecule has 1 aliphatic heterocycles. The Morgan fingerprint density at radius 3 is 2.31 bits per heavy atom. The van der Waals surface area contributed by atoms with Crippen LogP contribution in [0.15, 0.2) is 24.3 Å². The lowest BCUT2D eigenvalue weighted by atomic mass is 10.1. The van der Waals surface area contributed by atoms with Gasteiger partial charge in [0, 0.05) is 38.3 Å². The van der Waals surface area contributed by atoms with Crippen molar-refractivity contribution in [3.8, 4) is 0 Å². The van der Waals surface area contributed by atoms with Crippen LogP contribution in [0.1, 0.15) is 15.9 Å². The van der Waals surface area contributed by atoms with E-state index in [1.54, 1.807) is 0 Å². The molecule has 3 nitrogen and oxygen atoms in total. The van der Waals surface area contributed by atoms with E-state index in [9.17, 15) is 4.79 Å². The zero-order valence-corrected chi connectivity index (χ0v) is 9.72. The Kier molecular flexibility index (Phi) is 3.70. The van der Waals surface area contributed by atoms with Crippen LogP contribution < -0.4 is 0 Å². The first-order chi connectivity index (χ1) is 7.78. The van der Waals surface area contributed by atoms with Crippen molar-refractivity contribution < 1.29 is 4.79 Å². The van der Waals surface area contributed by atoms with Crippen molar-refractivity contribution >= 4 is 6.29 Å². The second-order valence-electron chi connectivity index (χ2n) is 4.44. The molecule has 0 aromatic heterocycles. The van der Waals surface area contributed by atoms with Gasteiger partial charge in [-0.15, -0.1) is 0 Å². The highest BCUT2D eigenvalue weighted by molar-refractivity contribution is 5.74. The minimum atomic E-state index is 0.752. The molecule has 1 fully saturated rings. The summed E-state index contributed by atoms with van der Waals surface area (Å²) in [5.74, 6) is 0. The molecule has 0 amide bonds. The van der Waals surface area contributed by atoms with Crippen LogP contribution in [0.4, 0.5) is 0 Å². The number of likely N-dealkylation sites (N-methyl/N-ethyl adjacent to an activating group) is 1. The molecule has 1 aromatic rings. The number of hydrogen-bond donors (Lipinski definition) is 0. The average Bonchev–Trinajstić information content (AvgIpc) is 2.33. The van der Waals surface area contributed by atoms with Gasteiger partial charge in [-0.1, -0.05) is 24.3 Å². The van der Waals surface area contributed by atoms with Crippen LogP contribution in [0.5, 0.6) is 0 Å². The Morgan fingerprint density at radius 2 is 1.75 bits per heavy atom. The Labute approximate surface area is 96.7 Å². The summed E-state index contributed by atoms with van der Waals surface area (Å²) in [6.45, 7) is 5.55. The van der Waals surface area contributed by atoms with Gasteiger partial charge in [0.1, 0.15) is 6.29 Å². The summed E-state index contributed by atoms with van der Waals surface area (Å²) in [6, 6.07) is 7.86. The normalized spacial score (nSPS) is 18.6. The van der Waals surface area contributed by atoms with Crippen LogP contribution in [-0.2, 0) is 6.54 Å². The molecule has 1 saturated heterocycles. The highest BCUT2D eigenvalue weighted by Crippen LogP contribution is 2.08. The van der Waals surface area contributed by atoms with Crippen LogP contribution >= 0.6 is 0 Å². The Balaban J connectivity index is 1.91. The van der Waals surface area contributed by atoms with Crippen LogP contribution in [0.25, 0.3) is 0 Å². The van der Waals surface area contributed by atoms with Gasteiger partial charge in [0.05, 0.1) is 0 Å². The van der Waals surface area contributed by atoms with Gasteiger partial charge in [-0.25, -0.2) is 0 Å². The monoisotopic (exact) mass is 218 g/mol. The predicted molar refractivity (Wildman–Crippen MR) is 64.6 cm³/mol. The molecule has 0 radical (unpaired) electrons. The molecule has 1 aliphatic rings. The van der Waals surface area contributed by atoms with Gasteiger partial charge in [0.2, 0.25) is 0 Å². The van der Waals surface area contributed by atoms with Crippen molar-refractivity contribution in [1.29, 1.82) is 0 Å². The van der Waals surface area contributed by atoms with Crippen molar-refractivity contribution in [2.75, 3.05) is 33.2 Å². The first kappa shape index (κ1) is 11.3. The molecule has 3 heteroatoms. The molecule has 0 N–H and O–H groups in total. The maximum Gasteiger partial charge on any atom is 0.150 e. The molecule has 0 aliphatic carbocycles. The number of rotatable bonds is 3. The van der Waals surface area contributed by atoms with Gasteiger partial charge in [0.15, 0.2) is 0 Å². The van der Waals surface area contributed by atoms with E-state index in [1.807, 2.05) is 24.3 Å². The van der Waals surface area contributed by atoms with Crippen molar-refractivity contribution in [3.63, 3.8) is 0 Å². The highest BCUT2D eigenvalue weighted by atomic mass is 16.1. The second kappa shape index (κ2) is 5.23. The lowest BCUT2D eigenvalue weighted by Crippen LogP contribution is -2.43. The quantitative estimate of drug-likeness (QED) is 0.713. The van der Waals surface area contributed by atoms with Gasteiger partial charge in [-0.2, -0.15) is 0 Å². The number of nitrogens with zero attached hydrogens (tertiary/aromatic N) is 2. The van der Waals surface area contributed by atoms with E-state index in [4.69, 9.17) is 0 Å². The summed E-state index contributed by atoms with van der Waals surface area (Å²) in [5, 5.41) is 0. The summed E-state index contributed by atoms with van der Waals surface area (Å²) in [5.41, 5.74) is 2.04. The van der Waals surface area contributed by atoms with E-state index in [1.165, 1.54) is 5.56 Å². The lowest BCUT2D eigenvalue weighted by Gasteiger charge is -2.32. The molecule has 0 bridgehead atoms. The van der Waals surface area contributed by atoms with E-state index >= 15 is 0 Å². The fraction of sp³-hybridized carbons (Fsp3) is 0.462. The van der Waals surface area contributed by atoms with Gasteiger partial charge in [-0.3, -0.25) is 9.69 Å². The molecule has 0 saturated carbocycles. The third-order valence-corrected chi connectivity index (χ3v) is 3.12. The molecule has 0 unspecified atom stereocenters. The van der Waals surface area contributed by atoms with Crippen molar-refractivity contribution in [2.45, 2.75) is 6.54 Å². The molecule has 2 rings (SSSR count). The Morgan fingerprint density at radius 1 is 1.12 bits per heavy atom. The summed E-state index contributed by atoms with van der Waals surface area (Å²) in [7, 11) is 2.16. The molecular weight excluding hydrogens is 200 g/mol. The number of carbonyl (C=O) groups is 1. The first-order valence-electron chi connectivity index (χ1n) is 5.73. The largest absolute Gasteiger partial charge is 0.304 e. The number of benzene rings is 1. The van der Waals surface area contributed by atoms with E-state index in [-0.39, 0.29) is 0 Å². The fourth-order valence-corrected chi connectivity index (χ4v) is 1.97. The fourth-order valence-electron chi connectivity index (χ4n) is 1.97.